The van der Waals surface area contributed by atoms with E-state index in [1.807, 2.05) is 20.8 Å². The molecule has 0 aromatic rings. The third-order valence-corrected chi connectivity index (χ3v) is 3.39. The fraction of sp³-hybridized carbons (Fsp3) is 0.846. The quantitative estimate of drug-likeness (QED) is 0.769. The van der Waals surface area contributed by atoms with Gasteiger partial charge < -0.3 is 15.0 Å². The van der Waals surface area contributed by atoms with Crippen molar-refractivity contribution in [2.75, 3.05) is 20.2 Å². The fourth-order valence-corrected chi connectivity index (χ4v) is 1.95. The monoisotopic (exact) mass is 256 g/mol. The Hall–Kier alpha value is -1.10. The highest BCUT2D eigenvalue weighted by Gasteiger charge is 2.32. The van der Waals surface area contributed by atoms with Gasteiger partial charge in [-0.3, -0.25) is 9.59 Å². The highest BCUT2D eigenvalue weighted by atomic mass is 16.5. The van der Waals surface area contributed by atoms with Crippen LogP contribution in [0.25, 0.3) is 0 Å². The first-order valence-corrected chi connectivity index (χ1v) is 6.53. The van der Waals surface area contributed by atoms with E-state index < -0.39 is 0 Å². The highest BCUT2D eigenvalue weighted by molar-refractivity contribution is 5.94. The second-order valence-electron chi connectivity index (χ2n) is 5.38. The lowest BCUT2D eigenvalue weighted by Gasteiger charge is -2.34. The summed E-state index contributed by atoms with van der Waals surface area (Å²) in [6.07, 6.45) is 2.31. The molecule has 1 rings (SSSR count). The maximum absolute atomic E-state index is 12.1. The molecule has 5 nitrogen and oxygen atoms in total. The van der Waals surface area contributed by atoms with E-state index in [1.165, 1.54) is 0 Å². The van der Waals surface area contributed by atoms with Gasteiger partial charge in [0.05, 0.1) is 12.1 Å². The van der Waals surface area contributed by atoms with Gasteiger partial charge in [0.1, 0.15) is 6.04 Å². The van der Waals surface area contributed by atoms with E-state index in [2.05, 4.69) is 5.32 Å². The van der Waals surface area contributed by atoms with Gasteiger partial charge in [0.25, 0.3) is 0 Å². The molecule has 2 amide bonds. The molecule has 0 aromatic heterocycles. The molecule has 104 valence electrons. The SMILES string of the molecule is CCCC1NC(=O)CN(CCC(C)(C)OC)C1=O. The molecule has 0 radical (unpaired) electrons. The number of hydrogen-bond donors (Lipinski definition) is 1. The van der Waals surface area contributed by atoms with Gasteiger partial charge in [0.15, 0.2) is 0 Å². The number of carbonyl (C=O) groups is 2. The first-order chi connectivity index (χ1) is 8.39. The Kier molecular flexibility index (Phi) is 5.14. The van der Waals surface area contributed by atoms with E-state index in [9.17, 15) is 9.59 Å². The molecule has 1 unspecified atom stereocenters. The molecule has 0 saturated carbocycles. The zero-order valence-electron chi connectivity index (χ0n) is 11.8. The van der Waals surface area contributed by atoms with Crippen LogP contribution in [0.15, 0.2) is 0 Å². The van der Waals surface area contributed by atoms with Crippen molar-refractivity contribution in [2.45, 2.75) is 51.7 Å². The smallest absolute Gasteiger partial charge is 0.245 e. The Labute approximate surface area is 109 Å². The number of hydrogen-bond acceptors (Lipinski definition) is 3. The summed E-state index contributed by atoms with van der Waals surface area (Å²) in [5.74, 6) is -0.0355. The molecule has 0 bridgehead atoms. The minimum absolute atomic E-state index is 0.0309. The largest absolute Gasteiger partial charge is 0.379 e. The van der Waals surface area contributed by atoms with Crippen molar-refractivity contribution >= 4 is 11.8 Å². The topological polar surface area (TPSA) is 58.6 Å². The van der Waals surface area contributed by atoms with E-state index in [1.54, 1.807) is 12.0 Å². The van der Waals surface area contributed by atoms with Crippen LogP contribution < -0.4 is 5.32 Å². The first kappa shape index (κ1) is 15.0. The molecule has 1 N–H and O–H groups in total. The standard InChI is InChI=1S/C13H24N2O3/c1-5-6-10-12(17)15(9-11(16)14-10)8-7-13(2,3)18-4/h10H,5-9H2,1-4H3,(H,14,16). The van der Waals surface area contributed by atoms with Crippen LogP contribution in [0.5, 0.6) is 0 Å². The Morgan fingerprint density at radius 2 is 2.11 bits per heavy atom. The third kappa shape index (κ3) is 3.98. The molecular weight excluding hydrogens is 232 g/mol. The minimum atomic E-state index is -0.345. The lowest BCUT2D eigenvalue weighted by Crippen LogP contribution is -2.58. The van der Waals surface area contributed by atoms with Crippen molar-refractivity contribution < 1.29 is 14.3 Å². The molecule has 5 heteroatoms. The van der Waals surface area contributed by atoms with Crippen LogP contribution in [0.2, 0.25) is 0 Å². The number of piperazine rings is 1. The van der Waals surface area contributed by atoms with Crippen molar-refractivity contribution in [3.05, 3.63) is 0 Å². The van der Waals surface area contributed by atoms with Gasteiger partial charge in [-0.2, -0.15) is 0 Å². The van der Waals surface area contributed by atoms with Gasteiger partial charge in [-0.05, 0) is 26.7 Å². The number of rotatable bonds is 6. The molecule has 1 fully saturated rings. The zero-order chi connectivity index (χ0) is 13.8. The summed E-state index contributed by atoms with van der Waals surface area (Å²) < 4.78 is 5.33. The maximum atomic E-state index is 12.1. The summed E-state index contributed by atoms with van der Waals surface area (Å²) in [5, 5.41) is 2.75. The predicted molar refractivity (Wildman–Crippen MR) is 69.1 cm³/mol. The van der Waals surface area contributed by atoms with Crippen LogP contribution in [0.4, 0.5) is 0 Å². The van der Waals surface area contributed by atoms with Gasteiger partial charge in [0, 0.05) is 13.7 Å². The first-order valence-electron chi connectivity index (χ1n) is 6.53. The van der Waals surface area contributed by atoms with Crippen molar-refractivity contribution in [3.63, 3.8) is 0 Å². The minimum Gasteiger partial charge on any atom is -0.379 e. The number of nitrogens with one attached hydrogen (secondary N) is 1. The van der Waals surface area contributed by atoms with Crippen LogP contribution in [-0.2, 0) is 14.3 Å². The molecule has 1 saturated heterocycles. The Morgan fingerprint density at radius 1 is 1.44 bits per heavy atom. The van der Waals surface area contributed by atoms with E-state index in [4.69, 9.17) is 4.74 Å². The van der Waals surface area contributed by atoms with E-state index in [-0.39, 0.29) is 30.0 Å². The summed E-state index contributed by atoms with van der Waals surface area (Å²) >= 11 is 0. The van der Waals surface area contributed by atoms with Gasteiger partial charge in [0.2, 0.25) is 11.8 Å². The van der Waals surface area contributed by atoms with Crippen molar-refractivity contribution in [2.24, 2.45) is 0 Å². The van der Waals surface area contributed by atoms with Crippen molar-refractivity contribution in [1.82, 2.24) is 10.2 Å². The molecule has 0 spiro atoms. The van der Waals surface area contributed by atoms with Crippen LogP contribution in [0.1, 0.15) is 40.0 Å². The van der Waals surface area contributed by atoms with E-state index >= 15 is 0 Å². The lowest BCUT2D eigenvalue weighted by molar-refractivity contribution is -0.145. The molecule has 1 aliphatic heterocycles. The fourth-order valence-electron chi connectivity index (χ4n) is 1.95. The summed E-state index contributed by atoms with van der Waals surface area (Å²) in [4.78, 5) is 25.3. The number of nitrogens with zero attached hydrogens (tertiary/aromatic N) is 1. The van der Waals surface area contributed by atoms with Crippen LogP contribution in [0.3, 0.4) is 0 Å². The van der Waals surface area contributed by atoms with E-state index in [0.29, 0.717) is 13.0 Å². The summed E-state index contributed by atoms with van der Waals surface area (Å²) in [6.45, 7) is 6.69. The Morgan fingerprint density at radius 3 is 2.67 bits per heavy atom. The van der Waals surface area contributed by atoms with Gasteiger partial charge >= 0.3 is 0 Å². The zero-order valence-corrected chi connectivity index (χ0v) is 11.8. The van der Waals surface area contributed by atoms with Crippen molar-refractivity contribution in [1.29, 1.82) is 0 Å². The molecule has 1 heterocycles. The normalized spacial score (nSPS) is 21.1. The molecule has 1 aliphatic rings. The van der Waals surface area contributed by atoms with Gasteiger partial charge in [-0.15, -0.1) is 0 Å². The molecule has 0 aliphatic carbocycles. The predicted octanol–water partition coefficient (Wildman–Crippen LogP) is 0.929. The average Bonchev–Trinajstić information content (AvgIpc) is 2.32. The molecular formula is C13H24N2O3. The third-order valence-electron chi connectivity index (χ3n) is 3.39. The van der Waals surface area contributed by atoms with Crippen molar-refractivity contribution in [3.8, 4) is 0 Å². The van der Waals surface area contributed by atoms with E-state index in [0.717, 1.165) is 12.8 Å². The molecule has 1 atom stereocenters. The maximum Gasteiger partial charge on any atom is 0.245 e. The second-order valence-corrected chi connectivity index (χ2v) is 5.38. The van der Waals surface area contributed by atoms with Crippen LogP contribution >= 0.6 is 0 Å². The lowest BCUT2D eigenvalue weighted by atomic mass is 10.0. The summed E-state index contributed by atoms with van der Waals surface area (Å²) in [5.41, 5.74) is -0.269. The molecule has 0 aromatic carbocycles. The number of carbonyl (C=O) groups excluding carboxylic acids is 2. The Balaban J connectivity index is 2.58. The van der Waals surface area contributed by atoms with Crippen LogP contribution in [-0.4, -0.2) is 48.6 Å². The number of amides is 2. The molecule has 18 heavy (non-hydrogen) atoms. The second kappa shape index (κ2) is 6.18. The average molecular weight is 256 g/mol. The Bertz CT molecular complexity index is 315. The summed E-state index contributed by atoms with van der Waals surface area (Å²) in [7, 11) is 1.66. The number of methoxy groups -OCH3 is 1. The highest BCUT2D eigenvalue weighted by Crippen LogP contribution is 2.15. The summed E-state index contributed by atoms with van der Waals surface area (Å²) in [6, 6.07) is -0.345. The van der Waals surface area contributed by atoms with Crippen LogP contribution in [0, 0.1) is 0 Å². The van der Waals surface area contributed by atoms with Gasteiger partial charge in [-0.25, -0.2) is 0 Å². The number of ether oxygens (including phenoxy) is 1. The van der Waals surface area contributed by atoms with Gasteiger partial charge in [-0.1, -0.05) is 13.3 Å².